The third-order valence-electron chi connectivity index (χ3n) is 3.30. The van der Waals surface area contributed by atoms with E-state index in [-0.39, 0.29) is 12.3 Å². The van der Waals surface area contributed by atoms with Crippen molar-refractivity contribution in [3.8, 4) is 5.82 Å². The minimum absolute atomic E-state index is 0.184. The lowest BCUT2D eigenvalue weighted by Crippen LogP contribution is -2.16. The normalized spacial score (nSPS) is 10.5. The standard InChI is InChI=1S/C16H14ClN5O/c1-11-18-6-7-22(11)15-9-14(19-10-20-15)21-16(23)8-12-4-2-3-5-13(12)17/h2-7,9-10H,8H2,1H3,(H,19,20,21,23). The Bertz CT molecular complexity index is 846. The summed E-state index contributed by atoms with van der Waals surface area (Å²) in [5.41, 5.74) is 0.770. The minimum atomic E-state index is -0.190. The number of carbonyl (C=O) groups is 1. The maximum atomic E-state index is 12.1. The number of anilines is 1. The molecule has 116 valence electrons. The molecule has 6 nitrogen and oxygen atoms in total. The molecule has 0 spiro atoms. The number of nitrogens with one attached hydrogen (secondary N) is 1. The Hall–Kier alpha value is -2.73. The topological polar surface area (TPSA) is 72.7 Å². The summed E-state index contributed by atoms with van der Waals surface area (Å²) in [6.45, 7) is 1.87. The summed E-state index contributed by atoms with van der Waals surface area (Å²) in [5, 5.41) is 3.33. The molecule has 0 atom stereocenters. The summed E-state index contributed by atoms with van der Waals surface area (Å²) in [6.07, 6.45) is 5.07. The number of hydrogen-bond donors (Lipinski definition) is 1. The van der Waals surface area contributed by atoms with Crippen LogP contribution in [-0.2, 0) is 11.2 Å². The van der Waals surface area contributed by atoms with E-state index >= 15 is 0 Å². The molecule has 0 saturated carbocycles. The maximum absolute atomic E-state index is 12.1. The monoisotopic (exact) mass is 327 g/mol. The van der Waals surface area contributed by atoms with E-state index in [4.69, 9.17) is 11.6 Å². The predicted octanol–water partition coefficient (Wildman–Crippen LogP) is 2.81. The zero-order valence-corrected chi connectivity index (χ0v) is 13.2. The lowest BCUT2D eigenvalue weighted by molar-refractivity contribution is -0.115. The fraction of sp³-hybridized carbons (Fsp3) is 0.125. The number of halogens is 1. The number of aromatic nitrogens is 4. The summed E-state index contributed by atoms with van der Waals surface area (Å²) in [4.78, 5) is 24.6. The molecule has 0 saturated heterocycles. The van der Waals surface area contributed by atoms with E-state index < -0.39 is 0 Å². The van der Waals surface area contributed by atoms with E-state index in [0.717, 1.165) is 11.4 Å². The molecule has 7 heteroatoms. The van der Waals surface area contributed by atoms with Gasteiger partial charge in [-0.25, -0.2) is 15.0 Å². The van der Waals surface area contributed by atoms with Crippen molar-refractivity contribution in [2.24, 2.45) is 0 Å². The Kier molecular flexibility index (Phi) is 4.34. The number of rotatable bonds is 4. The molecule has 0 unspecified atom stereocenters. The highest BCUT2D eigenvalue weighted by molar-refractivity contribution is 6.31. The average molecular weight is 328 g/mol. The molecule has 1 N–H and O–H groups in total. The number of amides is 1. The fourth-order valence-corrected chi connectivity index (χ4v) is 2.37. The number of hydrogen-bond acceptors (Lipinski definition) is 4. The summed E-state index contributed by atoms with van der Waals surface area (Å²) in [6, 6.07) is 8.95. The van der Waals surface area contributed by atoms with Crippen LogP contribution in [0.3, 0.4) is 0 Å². The SMILES string of the molecule is Cc1nccn1-c1cc(NC(=O)Cc2ccccc2Cl)ncn1. The Morgan fingerprint density at radius 3 is 2.83 bits per heavy atom. The van der Waals surface area contributed by atoms with Crippen LogP contribution in [0.25, 0.3) is 5.82 Å². The smallest absolute Gasteiger partial charge is 0.230 e. The Balaban J connectivity index is 1.74. The van der Waals surface area contributed by atoms with Crippen molar-refractivity contribution in [2.75, 3.05) is 5.32 Å². The molecule has 2 aromatic heterocycles. The van der Waals surface area contributed by atoms with Crippen LogP contribution in [-0.4, -0.2) is 25.4 Å². The summed E-state index contributed by atoms with van der Waals surface area (Å²) < 4.78 is 1.81. The third-order valence-corrected chi connectivity index (χ3v) is 3.67. The highest BCUT2D eigenvalue weighted by Gasteiger charge is 2.09. The van der Waals surface area contributed by atoms with Crippen LogP contribution in [0.5, 0.6) is 0 Å². The van der Waals surface area contributed by atoms with E-state index in [9.17, 15) is 4.79 Å². The van der Waals surface area contributed by atoms with Gasteiger partial charge in [-0.15, -0.1) is 0 Å². The van der Waals surface area contributed by atoms with Crippen LogP contribution in [0.15, 0.2) is 49.1 Å². The summed E-state index contributed by atoms with van der Waals surface area (Å²) in [5.74, 6) is 1.69. The molecule has 1 amide bonds. The van der Waals surface area contributed by atoms with Gasteiger partial charge in [-0.1, -0.05) is 29.8 Å². The largest absolute Gasteiger partial charge is 0.310 e. The quantitative estimate of drug-likeness (QED) is 0.799. The lowest BCUT2D eigenvalue weighted by atomic mass is 10.1. The van der Waals surface area contributed by atoms with Gasteiger partial charge in [-0.05, 0) is 18.6 Å². The molecule has 0 aliphatic rings. The first-order chi connectivity index (χ1) is 11.1. The number of nitrogens with zero attached hydrogens (tertiary/aromatic N) is 4. The molecule has 1 aromatic carbocycles. The van der Waals surface area contributed by atoms with Gasteiger partial charge in [-0.2, -0.15) is 0 Å². The molecule has 0 radical (unpaired) electrons. The first-order valence-electron chi connectivity index (χ1n) is 6.99. The molecule has 3 rings (SSSR count). The highest BCUT2D eigenvalue weighted by Crippen LogP contribution is 2.16. The molecule has 0 bridgehead atoms. The van der Waals surface area contributed by atoms with Gasteiger partial charge >= 0.3 is 0 Å². The van der Waals surface area contributed by atoms with Crippen molar-refractivity contribution < 1.29 is 4.79 Å². The zero-order chi connectivity index (χ0) is 16.2. The number of benzene rings is 1. The second kappa shape index (κ2) is 6.58. The van der Waals surface area contributed by atoms with Crippen LogP contribution in [0.4, 0.5) is 5.82 Å². The van der Waals surface area contributed by atoms with Gasteiger partial charge in [0.25, 0.3) is 0 Å². The van der Waals surface area contributed by atoms with Crippen molar-refractivity contribution >= 4 is 23.3 Å². The van der Waals surface area contributed by atoms with Gasteiger partial charge in [0.2, 0.25) is 5.91 Å². The average Bonchev–Trinajstić information content (AvgIpc) is 2.96. The van der Waals surface area contributed by atoms with Gasteiger partial charge in [0.05, 0.1) is 6.42 Å². The van der Waals surface area contributed by atoms with Gasteiger partial charge < -0.3 is 5.32 Å². The molecule has 23 heavy (non-hydrogen) atoms. The van der Waals surface area contributed by atoms with E-state index in [1.54, 1.807) is 24.5 Å². The minimum Gasteiger partial charge on any atom is -0.310 e. The lowest BCUT2D eigenvalue weighted by Gasteiger charge is -2.08. The maximum Gasteiger partial charge on any atom is 0.230 e. The fourth-order valence-electron chi connectivity index (χ4n) is 2.17. The van der Waals surface area contributed by atoms with Crippen LogP contribution in [0, 0.1) is 6.92 Å². The molecule has 0 aliphatic heterocycles. The highest BCUT2D eigenvalue weighted by atomic mass is 35.5. The first kappa shape index (κ1) is 15.2. The second-order valence-electron chi connectivity index (χ2n) is 4.92. The van der Waals surface area contributed by atoms with Crippen LogP contribution >= 0.6 is 11.6 Å². The molecule has 3 aromatic rings. The molecular formula is C16H14ClN5O. The number of aryl methyl sites for hydroxylation is 1. The van der Waals surface area contributed by atoms with Gasteiger partial charge in [-0.3, -0.25) is 9.36 Å². The number of imidazole rings is 1. The van der Waals surface area contributed by atoms with Gasteiger partial charge in [0.1, 0.15) is 23.8 Å². The Morgan fingerprint density at radius 2 is 2.09 bits per heavy atom. The van der Waals surface area contributed by atoms with Gasteiger partial charge in [0, 0.05) is 23.5 Å². The Labute approximate surface area is 138 Å². The second-order valence-corrected chi connectivity index (χ2v) is 5.33. The summed E-state index contributed by atoms with van der Waals surface area (Å²) in [7, 11) is 0. The molecular weight excluding hydrogens is 314 g/mol. The van der Waals surface area contributed by atoms with Crippen LogP contribution in [0.1, 0.15) is 11.4 Å². The molecule has 0 fully saturated rings. The van der Waals surface area contributed by atoms with Crippen LogP contribution < -0.4 is 5.32 Å². The van der Waals surface area contributed by atoms with E-state index in [1.807, 2.05) is 29.7 Å². The van der Waals surface area contributed by atoms with Crippen LogP contribution in [0.2, 0.25) is 5.02 Å². The van der Waals surface area contributed by atoms with Crippen molar-refractivity contribution in [3.63, 3.8) is 0 Å². The van der Waals surface area contributed by atoms with Crippen molar-refractivity contribution in [1.29, 1.82) is 0 Å². The first-order valence-corrected chi connectivity index (χ1v) is 7.37. The third kappa shape index (κ3) is 3.54. The predicted molar refractivity (Wildman–Crippen MR) is 87.7 cm³/mol. The molecule has 2 heterocycles. The van der Waals surface area contributed by atoms with Crippen molar-refractivity contribution in [2.45, 2.75) is 13.3 Å². The van der Waals surface area contributed by atoms with E-state index in [2.05, 4.69) is 20.3 Å². The van der Waals surface area contributed by atoms with Gasteiger partial charge in [0.15, 0.2) is 0 Å². The zero-order valence-electron chi connectivity index (χ0n) is 12.4. The van der Waals surface area contributed by atoms with E-state index in [1.165, 1.54) is 6.33 Å². The molecule has 0 aliphatic carbocycles. The summed E-state index contributed by atoms with van der Waals surface area (Å²) >= 11 is 6.07. The number of carbonyl (C=O) groups excluding carboxylic acids is 1. The van der Waals surface area contributed by atoms with Crippen molar-refractivity contribution in [1.82, 2.24) is 19.5 Å². The Morgan fingerprint density at radius 1 is 1.26 bits per heavy atom. The van der Waals surface area contributed by atoms with E-state index in [0.29, 0.717) is 16.7 Å². The van der Waals surface area contributed by atoms with Crippen molar-refractivity contribution in [3.05, 3.63) is 65.5 Å².